The number of hydrogen-bond acceptors (Lipinski definition) is 7. The van der Waals surface area contributed by atoms with E-state index in [-0.39, 0.29) is 18.1 Å². The second-order valence-electron chi connectivity index (χ2n) is 8.74. The van der Waals surface area contributed by atoms with E-state index in [9.17, 15) is 14.7 Å². The molecule has 1 aromatic carbocycles. The molecular weight excluding hydrogens is 468 g/mol. The summed E-state index contributed by atoms with van der Waals surface area (Å²) in [4.78, 5) is 33.4. The molecule has 2 aliphatic rings. The van der Waals surface area contributed by atoms with Crippen LogP contribution in [-0.2, 0) is 11.8 Å². The summed E-state index contributed by atoms with van der Waals surface area (Å²) in [5, 5.41) is 10.3. The highest BCUT2D eigenvalue weighted by molar-refractivity contribution is 8.26. The number of thiocarbonyl (C=S) groups is 1. The number of aromatic nitrogens is 1. The van der Waals surface area contributed by atoms with Crippen molar-refractivity contribution in [3.63, 3.8) is 0 Å². The number of piperazine rings is 1. The number of pyridine rings is 1. The van der Waals surface area contributed by atoms with Crippen molar-refractivity contribution in [3.05, 3.63) is 45.1 Å². The van der Waals surface area contributed by atoms with Gasteiger partial charge in [-0.15, -0.1) is 0 Å². The molecule has 0 aliphatic carbocycles. The second-order valence-corrected chi connectivity index (χ2v) is 10.4. The molecule has 0 atom stereocenters. The van der Waals surface area contributed by atoms with Crippen molar-refractivity contribution < 1.29 is 9.90 Å². The third-order valence-electron chi connectivity index (χ3n) is 6.55. The number of unbranched alkanes of at least 4 members (excludes halogenated alkanes) is 2. The first-order valence-electron chi connectivity index (χ1n) is 11.9. The fourth-order valence-corrected chi connectivity index (χ4v) is 5.94. The van der Waals surface area contributed by atoms with Gasteiger partial charge >= 0.3 is 0 Å². The van der Waals surface area contributed by atoms with Gasteiger partial charge in [-0.25, -0.2) is 0 Å². The Bertz CT molecular complexity index is 1170. The van der Waals surface area contributed by atoms with Gasteiger partial charge in [0.1, 0.15) is 4.32 Å². The van der Waals surface area contributed by atoms with Gasteiger partial charge in [0, 0.05) is 51.7 Å². The van der Waals surface area contributed by atoms with Crippen molar-refractivity contribution in [2.45, 2.75) is 26.2 Å². The number of hydrogen-bond donors (Lipinski definition) is 1. The average Bonchev–Trinajstić information content (AvgIpc) is 3.11. The van der Waals surface area contributed by atoms with Crippen LogP contribution in [0.15, 0.2) is 34.0 Å². The van der Waals surface area contributed by atoms with Gasteiger partial charge in [0.15, 0.2) is 0 Å². The van der Waals surface area contributed by atoms with Crippen molar-refractivity contribution in [2.75, 3.05) is 50.8 Å². The molecular formula is C25H32N4O3S2. The molecule has 34 heavy (non-hydrogen) atoms. The van der Waals surface area contributed by atoms with Gasteiger partial charge in [0.25, 0.3) is 11.5 Å². The van der Waals surface area contributed by atoms with Crippen LogP contribution in [0.4, 0.5) is 5.69 Å². The Kier molecular flexibility index (Phi) is 8.08. The summed E-state index contributed by atoms with van der Waals surface area (Å²) in [6.45, 7) is 6.65. The van der Waals surface area contributed by atoms with Gasteiger partial charge < -0.3 is 14.6 Å². The molecule has 182 valence electrons. The van der Waals surface area contributed by atoms with Gasteiger partial charge in [-0.3, -0.25) is 19.4 Å². The number of carbonyl (C=O) groups excluding carboxylic acids is 1. The molecule has 2 saturated heterocycles. The molecule has 2 fully saturated rings. The molecule has 7 nitrogen and oxygen atoms in total. The SMILES string of the molecule is CCCCCN1C(=O)C(=Cc2c(N3CCN(CCO)CC3)c3ccccc3n(C)c2=O)SC1=S. The normalized spacial score (nSPS) is 18.6. The highest BCUT2D eigenvalue weighted by Gasteiger charge is 2.33. The Morgan fingerprint density at radius 2 is 1.82 bits per heavy atom. The second kappa shape index (κ2) is 11.0. The van der Waals surface area contributed by atoms with E-state index in [0.717, 1.165) is 62.0 Å². The van der Waals surface area contributed by atoms with Crippen molar-refractivity contribution in [2.24, 2.45) is 7.05 Å². The minimum Gasteiger partial charge on any atom is -0.395 e. The molecule has 2 aliphatic heterocycles. The molecule has 0 bridgehead atoms. The number of aliphatic hydroxyl groups is 1. The number of para-hydroxylation sites is 1. The van der Waals surface area contributed by atoms with Crippen LogP contribution in [0, 0.1) is 0 Å². The van der Waals surface area contributed by atoms with Gasteiger partial charge in [0.2, 0.25) is 0 Å². The summed E-state index contributed by atoms with van der Waals surface area (Å²) in [6.07, 6.45) is 4.79. The lowest BCUT2D eigenvalue weighted by atomic mass is 10.1. The highest BCUT2D eigenvalue weighted by Crippen LogP contribution is 2.36. The number of amides is 1. The first-order valence-corrected chi connectivity index (χ1v) is 13.1. The minimum absolute atomic E-state index is 0.111. The van der Waals surface area contributed by atoms with Crippen LogP contribution < -0.4 is 10.5 Å². The van der Waals surface area contributed by atoms with Gasteiger partial charge in [-0.2, -0.15) is 0 Å². The summed E-state index contributed by atoms with van der Waals surface area (Å²) in [5.74, 6) is -0.111. The lowest BCUT2D eigenvalue weighted by Gasteiger charge is -2.37. The molecule has 1 aromatic heterocycles. The number of rotatable bonds is 8. The third-order valence-corrected chi connectivity index (χ3v) is 7.93. The van der Waals surface area contributed by atoms with Crippen LogP contribution >= 0.6 is 24.0 Å². The summed E-state index contributed by atoms with van der Waals surface area (Å²) in [5.41, 5.74) is 2.15. The Morgan fingerprint density at radius 1 is 1.09 bits per heavy atom. The molecule has 1 amide bonds. The first-order chi connectivity index (χ1) is 16.5. The molecule has 0 spiro atoms. The Hall–Kier alpha value is -2.20. The number of carbonyl (C=O) groups is 1. The minimum atomic E-state index is -0.122. The molecule has 1 N–H and O–H groups in total. The zero-order chi connectivity index (χ0) is 24.2. The quantitative estimate of drug-likeness (QED) is 0.339. The van der Waals surface area contributed by atoms with Gasteiger partial charge in [-0.1, -0.05) is 61.9 Å². The van der Waals surface area contributed by atoms with Crippen LogP contribution in [0.5, 0.6) is 0 Å². The van der Waals surface area contributed by atoms with Gasteiger partial charge in [0.05, 0.1) is 28.3 Å². The fourth-order valence-electron chi connectivity index (χ4n) is 4.65. The molecule has 0 saturated carbocycles. The topological polar surface area (TPSA) is 69.0 Å². The van der Waals surface area contributed by atoms with Crippen molar-refractivity contribution in [1.82, 2.24) is 14.4 Å². The zero-order valence-corrected chi connectivity index (χ0v) is 21.5. The smallest absolute Gasteiger partial charge is 0.266 e. The lowest BCUT2D eigenvalue weighted by molar-refractivity contribution is -0.122. The maximum atomic E-state index is 13.6. The third kappa shape index (κ3) is 4.93. The molecule has 3 heterocycles. The van der Waals surface area contributed by atoms with Crippen LogP contribution in [-0.4, -0.2) is 75.6 Å². The number of thioether (sulfide) groups is 1. The Balaban J connectivity index is 1.76. The summed E-state index contributed by atoms with van der Waals surface area (Å²) in [6, 6.07) is 7.91. The van der Waals surface area contributed by atoms with Crippen molar-refractivity contribution in [1.29, 1.82) is 0 Å². The van der Waals surface area contributed by atoms with E-state index in [4.69, 9.17) is 12.2 Å². The largest absolute Gasteiger partial charge is 0.395 e. The number of anilines is 1. The fraction of sp³-hybridized carbons (Fsp3) is 0.480. The van der Waals surface area contributed by atoms with E-state index < -0.39 is 0 Å². The molecule has 4 rings (SSSR count). The molecule has 2 aromatic rings. The summed E-state index contributed by atoms with van der Waals surface area (Å²) >= 11 is 6.78. The van der Waals surface area contributed by atoms with Crippen LogP contribution in [0.3, 0.4) is 0 Å². The highest BCUT2D eigenvalue weighted by atomic mass is 32.2. The number of nitrogens with zero attached hydrogens (tertiary/aromatic N) is 4. The molecule has 0 unspecified atom stereocenters. The predicted octanol–water partition coefficient (Wildman–Crippen LogP) is 3.04. The van der Waals surface area contributed by atoms with Crippen LogP contribution in [0.2, 0.25) is 0 Å². The van der Waals surface area contributed by atoms with E-state index in [1.54, 1.807) is 22.6 Å². The summed E-state index contributed by atoms with van der Waals surface area (Å²) in [7, 11) is 1.78. The lowest BCUT2D eigenvalue weighted by Crippen LogP contribution is -2.48. The van der Waals surface area contributed by atoms with E-state index in [0.29, 0.717) is 27.9 Å². The molecule has 9 heteroatoms. The van der Waals surface area contributed by atoms with E-state index >= 15 is 0 Å². The Morgan fingerprint density at radius 3 is 2.53 bits per heavy atom. The number of fused-ring (bicyclic) bond motifs is 1. The standard InChI is InChI=1S/C25H32N4O3S2/c1-3-4-7-10-29-24(32)21(34-25(29)33)17-19-22(28-13-11-27(12-14-28)15-16-30)18-8-5-6-9-20(18)26(2)23(19)31/h5-6,8-9,17,30H,3-4,7,10-16H2,1-2H3. The van der Waals surface area contributed by atoms with Crippen LogP contribution in [0.25, 0.3) is 17.0 Å². The summed E-state index contributed by atoms with van der Waals surface area (Å²) < 4.78 is 2.22. The van der Waals surface area contributed by atoms with Crippen molar-refractivity contribution >= 4 is 56.9 Å². The van der Waals surface area contributed by atoms with Crippen LogP contribution in [0.1, 0.15) is 31.7 Å². The maximum Gasteiger partial charge on any atom is 0.266 e. The number of aryl methyl sites for hydroxylation is 1. The predicted molar refractivity (Wildman–Crippen MR) is 144 cm³/mol. The Labute approximate surface area is 210 Å². The average molecular weight is 501 g/mol. The zero-order valence-electron chi connectivity index (χ0n) is 19.8. The monoisotopic (exact) mass is 500 g/mol. The van der Waals surface area contributed by atoms with E-state index in [1.165, 1.54) is 11.8 Å². The van der Waals surface area contributed by atoms with Crippen molar-refractivity contribution in [3.8, 4) is 0 Å². The molecule has 0 radical (unpaired) electrons. The van der Waals surface area contributed by atoms with E-state index in [1.807, 2.05) is 24.3 Å². The number of β-amino-alcohol motifs (C(OH)–C–C–N with tert-alkyl or cyclic N) is 1. The first kappa shape index (κ1) is 24.9. The van der Waals surface area contributed by atoms with E-state index in [2.05, 4.69) is 16.7 Å². The number of aliphatic hydroxyl groups excluding tert-OH is 1. The van der Waals surface area contributed by atoms with Gasteiger partial charge in [-0.05, 0) is 18.6 Å². The number of benzene rings is 1. The maximum absolute atomic E-state index is 13.6.